The number of hydrogen-bond acceptors (Lipinski definition) is 4. The highest BCUT2D eigenvalue weighted by atomic mass is 19.4. The largest absolute Gasteiger partial charge is 0.433 e. The van der Waals surface area contributed by atoms with E-state index in [9.17, 15) is 18.0 Å². The maximum atomic E-state index is 13.0. The third-order valence-corrected chi connectivity index (χ3v) is 4.97. The fourth-order valence-corrected chi connectivity index (χ4v) is 3.33. The summed E-state index contributed by atoms with van der Waals surface area (Å²) in [5.41, 5.74) is 0.0238. The molecule has 1 atom stereocenters. The Morgan fingerprint density at radius 3 is 2.43 bits per heavy atom. The van der Waals surface area contributed by atoms with Crippen molar-refractivity contribution in [1.82, 2.24) is 15.3 Å². The summed E-state index contributed by atoms with van der Waals surface area (Å²) in [6.07, 6.45) is -3.20. The van der Waals surface area contributed by atoms with Gasteiger partial charge in [-0.15, -0.1) is 0 Å². The first-order chi connectivity index (χ1) is 13.2. The summed E-state index contributed by atoms with van der Waals surface area (Å²) in [4.78, 5) is 21.9. The van der Waals surface area contributed by atoms with Gasteiger partial charge in [-0.1, -0.05) is 30.3 Å². The summed E-state index contributed by atoms with van der Waals surface area (Å²) in [5, 5.41) is 3.06. The molecule has 5 nitrogen and oxygen atoms in total. The molecular weight excluding hydrogens is 369 g/mol. The number of nitrogens with one attached hydrogen (secondary N) is 1. The van der Waals surface area contributed by atoms with Crippen molar-refractivity contribution in [3.63, 3.8) is 0 Å². The van der Waals surface area contributed by atoms with Crippen LogP contribution in [0.25, 0.3) is 0 Å². The van der Waals surface area contributed by atoms with E-state index < -0.39 is 11.9 Å². The molecule has 1 fully saturated rings. The van der Waals surface area contributed by atoms with E-state index in [1.165, 1.54) is 6.92 Å². The zero-order valence-electron chi connectivity index (χ0n) is 15.8. The van der Waals surface area contributed by atoms with Crippen molar-refractivity contribution in [2.45, 2.75) is 44.8 Å². The first kappa shape index (κ1) is 20.1. The molecule has 2 aromatic rings. The molecule has 0 radical (unpaired) electrons. The Morgan fingerprint density at radius 2 is 1.82 bits per heavy atom. The number of anilines is 1. The average molecular weight is 392 g/mol. The number of nitrogens with zero attached hydrogens (tertiary/aromatic N) is 3. The predicted molar refractivity (Wildman–Crippen MR) is 100 cm³/mol. The molecule has 0 aliphatic carbocycles. The number of alkyl halides is 3. The second-order valence-corrected chi connectivity index (χ2v) is 7.06. The van der Waals surface area contributed by atoms with E-state index in [2.05, 4.69) is 15.3 Å². The number of hydrogen-bond donors (Lipinski definition) is 1. The smallest absolute Gasteiger partial charge is 0.356 e. The Balaban J connectivity index is 1.59. The highest BCUT2D eigenvalue weighted by Gasteiger charge is 2.34. The monoisotopic (exact) mass is 392 g/mol. The SMILES string of the molecule is Cc1nc(N2CCC(NC(=O)C(C)c3ccccc3)CC2)cc(C(F)(F)F)n1. The van der Waals surface area contributed by atoms with Crippen LogP contribution in [0.5, 0.6) is 0 Å². The van der Waals surface area contributed by atoms with Gasteiger partial charge in [0, 0.05) is 25.2 Å². The fourth-order valence-electron chi connectivity index (χ4n) is 3.33. The molecule has 0 saturated carbocycles. The predicted octanol–water partition coefficient (Wildman–Crippen LogP) is 3.69. The molecular formula is C20H23F3N4O. The zero-order valence-corrected chi connectivity index (χ0v) is 15.8. The van der Waals surface area contributed by atoms with Crippen LogP contribution in [-0.2, 0) is 11.0 Å². The van der Waals surface area contributed by atoms with Gasteiger partial charge >= 0.3 is 6.18 Å². The number of aryl methyl sites for hydroxylation is 1. The van der Waals surface area contributed by atoms with Crippen LogP contribution in [0, 0.1) is 6.92 Å². The van der Waals surface area contributed by atoms with Crippen molar-refractivity contribution in [2.24, 2.45) is 0 Å². The van der Waals surface area contributed by atoms with Crippen molar-refractivity contribution in [1.29, 1.82) is 0 Å². The molecule has 1 aliphatic rings. The standard InChI is InChI=1S/C20H23F3N4O/c1-13(15-6-4-3-5-7-15)19(28)26-16-8-10-27(11-9-16)18-12-17(20(21,22)23)24-14(2)25-18/h3-7,12-13,16H,8-11H2,1-2H3,(H,26,28). The van der Waals surface area contributed by atoms with Gasteiger partial charge in [0.25, 0.3) is 0 Å². The number of rotatable bonds is 4. The maximum absolute atomic E-state index is 13.0. The zero-order chi connectivity index (χ0) is 20.3. The minimum absolute atomic E-state index is 0.0000621. The summed E-state index contributed by atoms with van der Waals surface area (Å²) in [5.74, 6) is 0.0826. The van der Waals surface area contributed by atoms with Gasteiger partial charge < -0.3 is 10.2 Å². The van der Waals surface area contributed by atoms with Gasteiger partial charge in [0.15, 0.2) is 0 Å². The number of benzene rings is 1. The lowest BCUT2D eigenvalue weighted by Crippen LogP contribution is -2.46. The van der Waals surface area contributed by atoms with Crippen molar-refractivity contribution >= 4 is 11.7 Å². The van der Waals surface area contributed by atoms with Gasteiger partial charge in [-0.25, -0.2) is 9.97 Å². The van der Waals surface area contributed by atoms with Gasteiger partial charge in [0.1, 0.15) is 17.3 Å². The lowest BCUT2D eigenvalue weighted by Gasteiger charge is -2.34. The first-order valence-electron chi connectivity index (χ1n) is 9.27. The van der Waals surface area contributed by atoms with Crippen LogP contribution >= 0.6 is 0 Å². The fraction of sp³-hybridized carbons (Fsp3) is 0.450. The molecule has 1 N–H and O–H groups in total. The minimum Gasteiger partial charge on any atom is -0.356 e. The summed E-state index contributed by atoms with van der Waals surface area (Å²) in [7, 11) is 0. The summed E-state index contributed by atoms with van der Waals surface area (Å²) < 4.78 is 38.9. The van der Waals surface area contributed by atoms with E-state index >= 15 is 0 Å². The van der Waals surface area contributed by atoms with E-state index in [0.29, 0.717) is 25.9 Å². The third kappa shape index (κ3) is 4.79. The van der Waals surface area contributed by atoms with Crippen molar-refractivity contribution in [2.75, 3.05) is 18.0 Å². The van der Waals surface area contributed by atoms with Crippen molar-refractivity contribution in [3.05, 3.63) is 53.5 Å². The van der Waals surface area contributed by atoms with Crippen LogP contribution in [0.2, 0.25) is 0 Å². The molecule has 150 valence electrons. The molecule has 1 amide bonds. The van der Waals surface area contributed by atoms with Crippen LogP contribution in [0.4, 0.5) is 19.0 Å². The Bertz CT molecular complexity index is 818. The molecule has 1 unspecified atom stereocenters. The Kier molecular flexibility index (Phi) is 5.86. The second kappa shape index (κ2) is 8.16. The molecule has 1 aliphatic heterocycles. The molecule has 2 heterocycles. The lowest BCUT2D eigenvalue weighted by molar-refractivity contribution is -0.141. The van der Waals surface area contributed by atoms with Crippen LogP contribution in [0.15, 0.2) is 36.4 Å². The summed E-state index contributed by atoms with van der Waals surface area (Å²) >= 11 is 0. The van der Waals surface area contributed by atoms with Gasteiger partial charge in [-0.05, 0) is 32.3 Å². The van der Waals surface area contributed by atoms with E-state index in [1.807, 2.05) is 42.2 Å². The van der Waals surface area contributed by atoms with E-state index in [4.69, 9.17) is 0 Å². The average Bonchev–Trinajstić information content (AvgIpc) is 2.67. The second-order valence-electron chi connectivity index (χ2n) is 7.06. The van der Waals surface area contributed by atoms with Gasteiger partial charge in [-0.3, -0.25) is 4.79 Å². The lowest BCUT2D eigenvalue weighted by atomic mass is 9.98. The number of carbonyl (C=O) groups excluding carboxylic acids is 1. The minimum atomic E-state index is -4.50. The van der Waals surface area contributed by atoms with Crippen LogP contribution in [0.3, 0.4) is 0 Å². The molecule has 0 bridgehead atoms. The number of piperidine rings is 1. The quantitative estimate of drug-likeness (QED) is 0.862. The Hall–Kier alpha value is -2.64. The number of amides is 1. The van der Waals surface area contributed by atoms with E-state index in [1.54, 1.807) is 0 Å². The molecule has 1 saturated heterocycles. The van der Waals surface area contributed by atoms with Crippen molar-refractivity contribution < 1.29 is 18.0 Å². The topological polar surface area (TPSA) is 58.1 Å². The Morgan fingerprint density at radius 1 is 1.18 bits per heavy atom. The van der Waals surface area contributed by atoms with Crippen LogP contribution in [-0.4, -0.2) is 35.0 Å². The molecule has 8 heteroatoms. The number of aromatic nitrogens is 2. The maximum Gasteiger partial charge on any atom is 0.433 e. The highest BCUT2D eigenvalue weighted by Crippen LogP contribution is 2.30. The van der Waals surface area contributed by atoms with E-state index in [0.717, 1.165) is 11.6 Å². The third-order valence-electron chi connectivity index (χ3n) is 4.97. The Labute approximate surface area is 162 Å². The van der Waals surface area contributed by atoms with E-state index in [-0.39, 0.29) is 29.5 Å². The summed E-state index contributed by atoms with van der Waals surface area (Å²) in [6, 6.07) is 10.5. The molecule has 1 aromatic carbocycles. The van der Waals surface area contributed by atoms with Crippen LogP contribution < -0.4 is 10.2 Å². The highest BCUT2D eigenvalue weighted by molar-refractivity contribution is 5.83. The number of carbonyl (C=O) groups is 1. The number of halogens is 3. The molecule has 1 aromatic heterocycles. The first-order valence-corrected chi connectivity index (χ1v) is 9.27. The molecule has 3 rings (SSSR count). The molecule has 0 spiro atoms. The summed E-state index contributed by atoms with van der Waals surface area (Å²) in [6.45, 7) is 4.37. The van der Waals surface area contributed by atoms with Gasteiger partial charge in [0.2, 0.25) is 5.91 Å². The van der Waals surface area contributed by atoms with Gasteiger partial charge in [0.05, 0.1) is 5.92 Å². The normalized spacial score (nSPS) is 16.7. The van der Waals surface area contributed by atoms with Crippen LogP contribution in [0.1, 0.15) is 42.8 Å². The molecule has 28 heavy (non-hydrogen) atoms. The van der Waals surface area contributed by atoms with Crippen molar-refractivity contribution in [3.8, 4) is 0 Å². The van der Waals surface area contributed by atoms with Gasteiger partial charge in [-0.2, -0.15) is 13.2 Å².